The average molecular weight is 371 g/mol. The van der Waals surface area contributed by atoms with Crippen LogP contribution < -0.4 is 0 Å². The number of halogens is 1. The van der Waals surface area contributed by atoms with Gasteiger partial charge in [0, 0.05) is 12.4 Å². The zero-order valence-corrected chi connectivity index (χ0v) is 13.9. The van der Waals surface area contributed by atoms with Gasteiger partial charge in [-0.05, 0) is 18.2 Å². The monoisotopic (exact) mass is 371 g/mol. The number of nitrogens with zero attached hydrogens (tertiary/aromatic N) is 5. The van der Waals surface area contributed by atoms with Crippen molar-refractivity contribution >= 4 is 27.5 Å². The Kier molecular flexibility index (Phi) is 4.09. The minimum atomic E-state index is -1.06. The molecular formula is C16H10FN5O3S. The van der Waals surface area contributed by atoms with Gasteiger partial charge in [-0.2, -0.15) is 0 Å². The first-order chi connectivity index (χ1) is 12.6. The van der Waals surface area contributed by atoms with Gasteiger partial charge in [0.25, 0.3) is 0 Å². The molecule has 3 aromatic heterocycles. The van der Waals surface area contributed by atoms with Crippen molar-refractivity contribution in [3.63, 3.8) is 0 Å². The SMILES string of the molecule is O=C(O)Cc1nnc(Cc2nc3ccc(-c4ncccn4)c(F)c3s2)o1. The minimum Gasteiger partial charge on any atom is -0.481 e. The molecule has 0 radical (unpaired) electrons. The van der Waals surface area contributed by atoms with Crippen molar-refractivity contribution in [1.82, 2.24) is 25.1 Å². The highest BCUT2D eigenvalue weighted by atomic mass is 32.1. The number of aliphatic carboxylic acids is 1. The van der Waals surface area contributed by atoms with Gasteiger partial charge >= 0.3 is 5.97 Å². The molecule has 0 aliphatic carbocycles. The summed E-state index contributed by atoms with van der Waals surface area (Å²) >= 11 is 1.16. The summed E-state index contributed by atoms with van der Waals surface area (Å²) in [5, 5.41) is 16.8. The summed E-state index contributed by atoms with van der Waals surface area (Å²) in [5.74, 6) is -0.944. The molecule has 0 fully saturated rings. The maximum absolute atomic E-state index is 14.8. The zero-order valence-electron chi connectivity index (χ0n) is 13.1. The second kappa shape index (κ2) is 6.56. The van der Waals surface area contributed by atoms with Gasteiger partial charge in [0.1, 0.15) is 11.4 Å². The van der Waals surface area contributed by atoms with Crippen LogP contribution in [0.25, 0.3) is 21.6 Å². The van der Waals surface area contributed by atoms with Crippen molar-refractivity contribution in [3.8, 4) is 11.4 Å². The van der Waals surface area contributed by atoms with E-state index in [-0.39, 0.29) is 24.6 Å². The molecule has 0 bridgehead atoms. The third kappa shape index (κ3) is 3.14. The van der Waals surface area contributed by atoms with Gasteiger partial charge in [0.2, 0.25) is 11.8 Å². The first-order valence-corrected chi connectivity index (χ1v) is 8.30. The van der Waals surface area contributed by atoms with Crippen LogP contribution in [-0.4, -0.2) is 36.2 Å². The molecule has 8 nitrogen and oxygen atoms in total. The zero-order chi connectivity index (χ0) is 18.1. The van der Waals surface area contributed by atoms with E-state index in [0.29, 0.717) is 26.6 Å². The Balaban J connectivity index is 1.64. The number of carboxylic acids is 1. The van der Waals surface area contributed by atoms with E-state index in [4.69, 9.17) is 9.52 Å². The summed E-state index contributed by atoms with van der Waals surface area (Å²) in [5.41, 5.74) is 0.808. The molecule has 0 saturated heterocycles. The van der Waals surface area contributed by atoms with Crippen LogP contribution in [0.1, 0.15) is 16.8 Å². The summed E-state index contributed by atoms with van der Waals surface area (Å²) in [6, 6.07) is 4.95. The molecule has 3 heterocycles. The number of carboxylic acid groups (broad SMARTS) is 1. The number of aromatic nitrogens is 5. The summed E-state index contributed by atoms with van der Waals surface area (Å²) in [4.78, 5) is 23.2. The van der Waals surface area contributed by atoms with Crippen LogP contribution in [0.2, 0.25) is 0 Å². The molecule has 1 aromatic carbocycles. The molecule has 4 aromatic rings. The van der Waals surface area contributed by atoms with Crippen molar-refractivity contribution in [1.29, 1.82) is 0 Å². The molecule has 130 valence electrons. The van der Waals surface area contributed by atoms with Gasteiger partial charge in [0.15, 0.2) is 11.6 Å². The van der Waals surface area contributed by atoms with Crippen molar-refractivity contribution in [2.75, 3.05) is 0 Å². The number of rotatable bonds is 5. The van der Waals surface area contributed by atoms with E-state index in [0.717, 1.165) is 11.3 Å². The standard InChI is InChI=1S/C16H10FN5O3S/c17-14-8(16-18-4-1-5-19-16)2-3-9-15(14)26-12(20-9)6-10-21-22-11(25-10)7-13(23)24/h1-5H,6-7H2,(H,23,24). The predicted molar refractivity (Wildman–Crippen MR) is 89.0 cm³/mol. The van der Waals surface area contributed by atoms with Crippen LogP contribution in [0.4, 0.5) is 4.39 Å². The lowest BCUT2D eigenvalue weighted by Gasteiger charge is -2.01. The largest absolute Gasteiger partial charge is 0.481 e. The van der Waals surface area contributed by atoms with E-state index in [2.05, 4.69) is 25.1 Å². The van der Waals surface area contributed by atoms with Gasteiger partial charge < -0.3 is 9.52 Å². The Labute approximate surface area is 149 Å². The Morgan fingerprint density at radius 3 is 2.73 bits per heavy atom. The molecule has 0 aliphatic rings. The van der Waals surface area contributed by atoms with Gasteiger partial charge in [0.05, 0.1) is 22.2 Å². The van der Waals surface area contributed by atoms with E-state index >= 15 is 0 Å². The molecule has 0 atom stereocenters. The normalized spacial score (nSPS) is 11.1. The van der Waals surface area contributed by atoms with E-state index in [1.54, 1.807) is 30.6 Å². The third-order valence-electron chi connectivity index (χ3n) is 3.46. The van der Waals surface area contributed by atoms with Gasteiger partial charge in [-0.1, -0.05) is 0 Å². The van der Waals surface area contributed by atoms with Gasteiger partial charge in [-0.25, -0.2) is 19.3 Å². The third-order valence-corrected chi connectivity index (χ3v) is 4.53. The van der Waals surface area contributed by atoms with Gasteiger partial charge in [-0.3, -0.25) is 4.79 Å². The molecule has 0 aliphatic heterocycles. The molecule has 4 rings (SSSR count). The second-order valence-electron chi connectivity index (χ2n) is 5.29. The minimum absolute atomic E-state index is 0.0169. The smallest absolute Gasteiger partial charge is 0.312 e. The molecule has 0 saturated carbocycles. The molecule has 0 amide bonds. The number of fused-ring (bicyclic) bond motifs is 1. The Bertz CT molecular complexity index is 1100. The van der Waals surface area contributed by atoms with E-state index in [1.165, 1.54) is 0 Å². The highest BCUT2D eigenvalue weighted by Gasteiger charge is 2.17. The molecular weight excluding hydrogens is 361 g/mol. The fraction of sp³-hybridized carbons (Fsp3) is 0.125. The lowest BCUT2D eigenvalue weighted by atomic mass is 10.2. The Morgan fingerprint density at radius 2 is 1.96 bits per heavy atom. The molecule has 0 unspecified atom stereocenters. The first-order valence-electron chi connectivity index (χ1n) is 7.48. The van der Waals surface area contributed by atoms with E-state index in [9.17, 15) is 9.18 Å². The van der Waals surface area contributed by atoms with Crippen LogP contribution in [0.3, 0.4) is 0 Å². The number of carbonyl (C=O) groups is 1. The summed E-state index contributed by atoms with van der Waals surface area (Å²) < 4.78 is 20.5. The lowest BCUT2D eigenvalue weighted by molar-refractivity contribution is -0.136. The molecule has 10 heteroatoms. The quantitative estimate of drug-likeness (QED) is 0.569. The highest BCUT2D eigenvalue weighted by Crippen LogP contribution is 2.31. The van der Waals surface area contributed by atoms with Crippen molar-refractivity contribution in [2.45, 2.75) is 12.8 Å². The first kappa shape index (κ1) is 16.2. The van der Waals surface area contributed by atoms with E-state index < -0.39 is 11.8 Å². The van der Waals surface area contributed by atoms with E-state index in [1.807, 2.05) is 0 Å². The maximum atomic E-state index is 14.8. The number of benzene rings is 1. The van der Waals surface area contributed by atoms with Crippen molar-refractivity contribution in [3.05, 3.63) is 53.2 Å². The predicted octanol–water partition coefficient (Wildman–Crippen LogP) is 2.49. The van der Waals surface area contributed by atoms with Crippen LogP contribution in [0, 0.1) is 5.82 Å². The number of hydrogen-bond donors (Lipinski definition) is 1. The lowest BCUT2D eigenvalue weighted by Crippen LogP contribution is -1.99. The van der Waals surface area contributed by atoms with Crippen molar-refractivity contribution in [2.24, 2.45) is 0 Å². The van der Waals surface area contributed by atoms with Crippen molar-refractivity contribution < 1.29 is 18.7 Å². The Hall–Kier alpha value is -3.27. The fourth-order valence-electron chi connectivity index (χ4n) is 2.38. The topological polar surface area (TPSA) is 115 Å². The fourth-order valence-corrected chi connectivity index (χ4v) is 3.38. The van der Waals surface area contributed by atoms with Gasteiger partial charge in [-0.15, -0.1) is 21.5 Å². The summed E-state index contributed by atoms with van der Waals surface area (Å²) in [6.07, 6.45) is 2.95. The molecule has 0 spiro atoms. The molecule has 26 heavy (non-hydrogen) atoms. The summed E-state index contributed by atoms with van der Waals surface area (Å²) in [7, 11) is 0. The number of hydrogen-bond acceptors (Lipinski definition) is 8. The highest BCUT2D eigenvalue weighted by molar-refractivity contribution is 7.18. The Morgan fingerprint density at radius 1 is 1.19 bits per heavy atom. The van der Waals surface area contributed by atoms with Crippen LogP contribution in [0.5, 0.6) is 0 Å². The maximum Gasteiger partial charge on any atom is 0.312 e. The number of thiazole rings is 1. The average Bonchev–Trinajstić information content (AvgIpc) is 3.23. The van der Waals surface area contributed by atoms with Crippen LogP contribution >= 0.6 is 11.3 Å². The summed E-state index contributed by atoms with van der Waals surface area (Å²) in [6.45, 7) is 0. The van der Waals surface area contributed by atoms with Crippen LogP contribution in [0.15, 0.2) is 35.0 Å². The second-order valence-corrected chi connectivity index (χ2v) is 6.38. The van der Waals surface area contributed by atoms with Crippen LogP contribution in [-0.2, 0) is 17.6 Å². The molecule has 1 N–H and O–H groups in total.